The molecule has 0 radical (unpaired) electrons. The third-order valence-electron chi connectivity index (χ3n) is 5.21. The average molecular weight is 345 g/mol. The summed E-state index contributed by atoms with van der Waals surface area (Å²) in [5, 5.41) is 3.16. The van der Waals surface area contributed by atoms with Gasteiger partial charge < -0.3 is 14.4 Å². The van der Waals surface area contributed by atoms with Crippen molar-refractivity contribution in [2.45, 2.75) is 38.3 Å². The molecule has 128 valence electrons. The molecule has 2 aromatic heterocycles. The molecule has 6 nitrogen and oxygen atoms in total. The van der Waals surface area contributed by atoms with Crippen LogP contribution in [0.15, 0.2) is 30.3 Å². The Hall–Kier alpha value is -1.89. The molecule has 0 spiro atoms. The maximum atomic E-state index is 12.4. The summed E-state index contributed by atoms with van der Waals surface area (Å²) in [5.74, 6) is 0.915. The van der Waals surface area contributed by atoms with Gasteiger partial charge in [-0.3, -0.25) is 4.79 Å². The van der Waals surface area contributed by atoms with Crippen LogP contribution in [0.2, 0.25) is 0 Å². The molecule has 24 heavy (non-hydrogen) atoms. The molecule has 4 heterocycles. The van der Waals surface area contributed by atoms with E-state index in [9.17, 15) is 4.79 Å². The number of aromatic nitrogens is 3. The molecule has 2 fully saturated rings. The molecule has 2 aliphatic heterocycles. The number of likely N-dealkylation sites (tertiary alicyclic amines) is 1. The van der Waals surface area contributed by atoms with Crippen LogP contribution in [-0.2, 0) is 11.3 Å². The van der Waals surface area contributed by atoms with E-state index >= 15 is 0 Å². The maximum absolute atomic E-state index is 12.4. The van der Waals surface area contributed by atoms with Crippen LogP contribution in [-0.4, -0.2) is 51.0 Å². The molecule has 0 unspecified atom stereocenters. The fourth-order valence-electron chi connectivity index (χ4n) is 4.03. The predicted molar refractivity (Wildman–Crippen MR) is 94.0 cm³/mol. The number of aryl methyl sites for hydroxylation is 1. The van der Waals surface area contributed by atoms with Crippen LogP contribution in [0.25, 0.3) is 0 Å². The molecular formula is C17H23N5OS. The van der Waals surface area contributed by atoms with E-state index in [1.54, 1.807) is 17.5 Å². The van der Waals surface area contributed by atoms with Crippen molar-refractivity contribution in [2.75, 3.05) is 24.5 Å². The van der Waals surface area contributed by atoms with Gasteiger partial charge in [-0.2, -0.15) is 0 Å². The molecule has 0 aromatic carbocycles. The van der Waals surface area contributed by atoms with Crippen LogP contribution >= 0.6 is 11.3 Å². The fraction of sp³-hybridized carbons (Fsp3) is 0.588. The summed E-state index contributed by atoms with van der Waals surface area (Å²) in [4.78, 5) is 25.5. The molecule has 7 heteroatoms. The molecule has 0 saturated carbocycles. The lowest BCUT2D eigenvalue weighted by Gasteiger charge is -2.47. The van der Waals surface area contributed by atoms with Gasteiger partial charge in [0.1, 0.15) is 0 Å². The minimum absolute atomic E-state index is 0.338. The third kappa shape index (κ3) is 3.17. The number of hydrogen-bond donors (Lipinski definition) is 0. The average Bonchev–Trinajstić information content (AvgIpc) is 3.30. The summed E-state index contributed by atoms with van der Waals surface area (Å²) < 4.78 is 2.08. The third-order valence-corrected chi connectivity index (χ3v) is 6.04. The smallest absolute Gasteiger partial charge is 0.222 e. The van der Waals surface area contributed by atoms with Gasteiger partial charge in [0.2, 0.25) is 5.91 Å². The van der Waals surface area contributed by atoms with Gasteiger partial charge in [0.15, 0.2) is 5.13 Å². The van der Waals surface area contributed by atoms with Crippen molar-refractivity contribution in [3.63, 3.8) is 0 Å². The minimum Gasteiger partial charge on any atom is -0.348 e. The summed E-state index contributed by atoms with van der Waals surface area (Å²) in [5.41, 5.74) is 0. The second-order valence-electron chi connectivity index (χ2n) is 6.66. The Morgan fingerprint density at radius 2 is 2.21 bits per heavy atom. The zero-order valence-corrected chi connectivity index (χ0v) is 14.6. The number of thiazole rings is 1. The molecule has 4 rings (SSSR count). The van der Waals surface area contributed by atoms with Crippen LogP contribution in [0.5, 0.6) is 0 Å². The molecule has 0 bridgehead atoms. The highest BCUT2D eigenvalue weighted by Gasteiger charge is 2.39. The van der Waals surface area contributed by atoms with Gasteiger partial charge >= 0.3 is 0 Å². The number of piperidine rings is 2. The second kappa shape index (κ2) is 6.93. The lowest BCUT2D eigenvalue weighted by molar-refractivity contribution is -0.139. The van der Waals surface area contributed by atoms with Crippen molar-refractivity contribution >= 4 is 22.4 Å². The first-order valence-corrected chi connectivity index (χ1v) is 9.59. The van der Waals surface area contributed by atoms with Gasteiger partial charge in [-0.1, -0.05) is 0 Å². The van der Waals surface area contributed by atoms with Gasteiger partial charge in [0.25, 0.3) is 0 Å². The summed E-state index contributed by atoms with van der Waals surface area (Å²) in [6, 6.07) is 0.408. The van der Waals surface area contributed by atoms with E-state index in [0.29, 0.717) is 24.3 Å². The Kier molecular flexibility index (Phi) is 4.51. The highest BCUT2D eigenvalue weighted by atomic mass is 32.1. The molecule has 0 aliphatic carbocycles. The fourth-order valence-corrected chi connectivity index (χ4v) is 4.71. The van der Waals surface area contributed by atoms with Crippen molar-refractivity contribution in [3.8, 4) is 0 Å². The molecule has 0 N–H and O–H groups in total. The van der Waals surface area contributed by atoms with Gasteiger partial charge in [0, 0.05) is 62.6 Å². The summed E-state index contributed by atoms with van der Waals surface area (Å²) in [7, 11) is 0. The van der Waals surface area contributed by atoms with Gasteiger partial charge in [-0.25, -0.2) is 9.97 Å². The first-order chi connectivity index (χ1) is 11.8. The van der Waals surface area contributed by atoms with Crippen LogP contribution in [0.4, 0.5) is 5.13 Å². The summed E-state index contributed by atoms with van der Waals surface area (Å²) in [6.07, 6.45) is 11.2. The zero-order chi connectivity index (χ0) is 16.4. The topological polar surface area (TPSA) is 54.3 Å². The first-order valence-electron chi connectivity index (χ1n) is 8.71. The summed E-state index contributed by atoms with van der Waals surface area (Å²) >= 11 is 1.71. The number of rotatable bonds is 5. The number of carbonyl (C=O) groups excluding carboxylic acids is 1. The van der Waals surface area contributed by atoms with Crippen LogP contribution in [0.3, 0.4) is 0 Å². The van der Waals surface area contributed by atoms with Gasteiger partial charge in [0.05, 0.1) is 6.33 Å². The largest absolute Gasteiger partial charge is 0.348 e. The van der Waals surface area contributed by atoms with Gasteiger partial charge in [-0.15, -0.1) is 11.3 Å². The number of fused-ring (bicyclic) bond motifs is 1. The molecular weight excluding hydrogens is 322 g/mol. The quantitative estimate of drug-likeness (QED) is 0.834. The number of nitrogens with zero attached hydrogens (tertiary/aromatic N) is 5. The van der Waals surface area contributed by atoms with Gasteiger partial charge in [-0.05, 0) is 25.2 Å². The Morgan fingerprint density at radius 3 is 3.00 bits per heavy atom. The lowest BCUT2D eigenvalue weighted by atomic mass is 9.83. The maximum Gasteiger partial charge on any atom is 0.222 e. The number of hydrogen-bond acceptors (Lipinski definition) is 5. The number of amides is 1. The monoisotopic (exact) mass is 345 g/mol. The van der Waals surface area contributed by atoms with E-state index in [4.69, 9.17) is 0 Å². The normalized spacial score (nSPS) is 24.2. The number of carbonyl (C=O) groups is 1. The Morgan fingerprint density at radius 1 is 1.25 bits per heavy atom. The van der Waals surface area contributed by atoms with E-state index in [0.717, 1.165) is 50.6 Å². The molecule has 1 amide bonds. The highest BCUT2D eigenvalue weighted by Crippen LogP contribution is 2.33. The number of anilines is 1. The molecule has 2 atom stereocenters. The first kappa shape index (κ1) is 15.6. The highest BCUT2D eigenvalue weighted by molar-refractivity contribution is 7.13. The zero-order valence-electron chi connectivity index (χ0n) is 13.8. The SMILES string of the molecule is O=C1CC[C@@H]2CN(c3nccs3)CC[C@@H]2N1CCCn1ccnc1. The lowest BCUT2D eigenvalue weighted by Crippen LogP contribution is -2.56. The van der Waals surface area contributed by atoms with E-state index < -0.39 is 0 Å². The van der Waals surface area contributed by atoms with E-state index in [2.05, 4.69) is 24.3 Å². The minimum atomic E-state index is 0.338. The number of imidazole rings is 1. The van der Waals surface area contributed by atoms with Crippen LogP contribution in [0, 0.1) is 5.92 Å². The van der Waals surface area contributed by atoms with Crippen molar-refractivity contribution in [3.05, 3.63) is 30.3 Å². The van der Waals surface area contributed by atoms with Crippen molar-refractivity contribution in [1.29, 1.82) is 0 Å². The van der Waals surface area contributed by atoms with E-state index in [1.807, 2.05) is 24.1 Å². The summed E-state index contributed by atoms with van der Waals surface area (Å²) in [6.45, 7) is 3.81. The van der Waals surface area contributed by atoms with Crippen LogP contribution in [0.1, 0.15) is 25.7 Å². The Balaban J connectivity index is 1.37. The van der Waals surface area contributed by atoms with E-state index in [-0.39, 0.29) is 0 Å². The molecule has 2 aromatic rings. The molecule has 2 saturated heterocycles. The molecule has 2 aliphatic rings. The second-order valence-corrected chi connectivity index (χ2v) is 7.53. The van der Waals surface area contributed by atoms with E-state index in [1.165, 1.54) is 0 Å². The van der Waals surface area contributed by atoms with Crippen molar-refractivity contribution in [2.24, 2.45) is 5.92 Å². The van der Waals surface area contributed by atoms with Crippen LogP contribution < -0.4 is 4.90 Å². The Labute approximate surface area is 146 Å². The Bertz CT molecular complexity index is 657. The standard InChI is InChI=1S/C17H23N5OS/c23-16-3-2-14-12-21(17-19-6-11-24-17)9-4-15(14)22(16)8-1-7-20-10-5-18-13-20/h5-6,10-11,13-15H,1-4,7-9,12H2/t14-,15+/m1/s1. The predicted octanol–water partition coefficient (Wildman–Crippen LogP) is 2.25. The van der Waals surface area contributed by atoms with Crippen molar-refractivity contribution < 1.29 is 4.79 Å². The van der Waals surface area contributed by atoms with Crippen molar-refractivity contribution in [1.82, 2.24) is 19.4 Å².